The smallest absolute Gasteiger partial charge is 0.253 e. The first kappa shape index (κ1) is 18.7. The van der Waals surface area contributed by atoms with Gasteiger partial charge < -0.3 is 10.6 Å². The Bertz CT molecular complexity index is 820. The summed E-state index contributed by atoms with van der Waals surface area (Å²) in [5.41, 5.74) is 1.51. The fourth-order valence-electron chi connectivity index (χ4n) is 2.94. The molecule has 1 saturated carbocycles. The molecule has 136 valence electrons. The minimum Gasteiger partial charge on any atom is -0.353 e. The third kappa shape index (κ3) is 4.02. The van der Waals surface area contributed by atoms with Crippen LogP contribution in [0.15, 0.2) is 48.5 Å². The van der Waals surface area contributed by atoms with Gasteiger partial charge in [-0.25, -0.2) is 0 Å². The van der Waals surface area contributed by atoms with Gasteiger partial charge in [0.25, 0.3) is 5.91 Å². The topological polar surface area (TPSA) is 58.2 Å². The molecular formula is C20H20Cl2N2O2. The van der Waals surface area contributed by atoms with Gasteiger partial charge in [0, 0.05) is 12.0 Å². The van der Waals surface area contributed by atoms with Gasteiger partial charge in [0.2, 0.25) is 5.91 Å². The molecule has 4 nitrogen and oxygen atoms in total. The van der Waals surface area contributed by atoms with Crippen molar-refractivity contribution in [2.75, 3.05) is 6.54 Å². The molecule has 1 atom stereocenters. The van der Waals surface area contributed by atoms with Crippen molar-refractivity contribution in [3.8, 4) is 0 Å². The first-order valence-electron chi connectivity index (χ1n) is 8.51. The summed E-state index contributed by atoms with van der Waals surface area (Å²) in [5, 5.41) is 6.10. The van der Waals surface area contributed by atoms with Gasteiger partial charge in [0.1, 0.15) is 6.04 Å². The summed E-state index contributed by atoms with van der Waals surface area (Å²) in [6, 6.07) is 14.3. The number of rotatable bonds is 6. The highest BCUT2D eigenvalue weighted by molar-refractivity contribution is 6.43. The van der Waals surface area contributed by atoms with E-state index in [4.69, 9.17) is 23.2 Å². The molecule has 0 aliphatic heterocycles. The quantitative estimate of drug-likeness (QED) is 0.783. The summed E-state index contributed by atoms with van der Waals surface area (Å²) < 4.78 is 0. The van der Waals surface area contributed by atoms with Crippen molar-refractivity contribution in [3.05, 3.63) is 69.7 Å². The van der Waals surface area contributed by atoms with Crippen LogP contribution in [0.4, 0.5) is 0 Å². The van der Waals surface area contributed by atoms with Crippen LogP contribution in [0.2, 0.25) is 10.0 Å². The summed E-state index contributed by atoms with van der Waals surface area (Å²) in [6.07, 6.45) is 2.10. The number of hydrogen-bond acceptors (Lipinski definition) is 2. The van der Waals surface area contributed by atoms with Crippen LogP contribution >= 0.6 is 23.2 Å². The molecule has 0 heterocycles. The second-order valence-electron chi connectivity index (χ2n) is 6.66. The number of amides is 2. The fourth-order valence-corrected chi connectivity index (χ4v) is 3.32. The summed E-state index contributed by atoms with van der Waals surface area (Å²) in [7, 11) is 0. The maximum atomic E-state index is 12.4. The van der Waals surface area contributed by atoms with Crippen LogP contribution in [0.25, 0.3) is 0 Å². The Morgan fingerprint density at radius 2 is 1.77 bits per heavy atom. The molecule has 26 heavy (non-hydrogen) atoms. The van der Waals surface area contributed by atoms with E-state index in [1.165, 1.54) is 5.56 Å². The van der Waals surface area contributed by atoms with Crippen molar-refractivity contribution in [1.29, 1.82) is 0 Å². The molecule has 1 fully saturated rings. The van der Waals surface area contributed by atoms with Gasteiger partial charge >= 0.3 is 0 Å². The third-order valence-corrected chi connectivity index (χ3v) is 5.60. The number of carbonyl (C=O) groups is 2. The number of hydrogen-bond donors (Lipinski definition) is 2. The maximum absolute atomic E-state index is 12.4. The normalized spacial score (nSPS) is 15.8. The lowest BCUT2D eigenvalue weighted by Crippen LogP contribution is -2.46. The van der Waals surface area contributed by atoms with Crippen molar-refractivity contribution >= 4 is 35.0 Å². The molecule has 3 rings (SSSR count). The van der Waals surface area contributed by atoms with Crippen molar-refractivity contribution in [2.45, 2.75) is 31.2 Å². The molecule has 2 amide bonds. The van der Waals surface area contributed by atoms with E-state index in [9.17, 15) is 9.59 Å². The van der Waals surface area contributed by atoms with E-state index in [0.29, 0.717) is 11.6 Å². The molecule has 0 spiro atoms. The van der Waals surface area contributed by atoms with Crippen LogP contribution in [0.5, 0.6) is 0 Å². The lowest BCUT2D eigenvalue weighted by Gasteiger charge is -2.19. The molecule has 0 saturated heterocycles. The van der Waals surface area contributed by atoms with Crippen molar-refractivity contribution in [1.82, 2.24) is 10.6 Å². The van der Waals surface area contributed by atoms with Gasteiger partial charge in [-0.05, 0) is 37.5 Å². The molecule has 0 radical (unpaired) electrons. The molecule has 0 bridgehead atoms. The molecule has 0 aromatic heterocycles. The highest BCUT2D eigenvalue weighted by Gasteiger charge is 2.44. The zero-order chi connectivity index (χ0) is 18.7. The summed E-state index contributed by atoms with van der Waals surface area (Å²) in [4.78, 5) is 24.7. The Morgan fingerprint density at radius 3 is 2.42 bits per heavy atom. The first-order valence-corrected chi connectivity index (χ1v) is 9.27. The monoisotopic (exact) mass is 390 g/mol. The van der Waals surface area contributed by atoms with Gasteiger partial charge in [-0.1, -0.05) is 59.6 Å². The minimum atomic E-state index is -0.677. The van der Waals surface area contributed by atoms with Crippen LogP contribution in [0.3, 0.4) is 0 Å². The Kier molecular flexibility index (Phi) is 5.54. The van der Waals surface area contributed by atoms with E-state index < -0.39 is 11.9 Å². The SMILES string of the molecule is CC(NC(=O)c1cccc(Cl)c1Cl)C(=O)NCC1(c2ccccc2)CC1. The molecule has 6 heteroatoms. The van der Waals surface area contributed by atoms with Crippen molar-refractivity contribution in [3.63, 3.8) is 0 Å². The average Bonchev–Trinajstić information content (AvgIpc) is 3.44. The van der Waals surface area contributed by atoms with Gasteiger partial charge in [-0.3, -0.25) is 9.59 Å². The fraction of sp³-hybridized carbons (Fsp3) is 0.300. The number of halogens is 2. The lowest BCUT2D eigenvalue weighted by molar-refractivity contribution is -0.122. The summed E-state index contributed by atoms with van der Waals surface area (Å²) >= 11 is 12.0. The van der Waals surface area contributed by atoms with E-state index in [2.05, 4.69) is 22.8 Å². The molecule has 1 unspecified atom stereocenters. The van der Waals surface area contributed by atoms with E-state index >= 15 is 0 Å². The molecule has 2 aromatic carbocycles. The van der Waals surface area contributed by atoms with Crippen LogP contribution in [0, 0.1) is 0 Å². The molecule has 1 aliphatic carbocycles. The van der Waals surface area contributed by atoms with Crippen LogP contribution in [-0.2, 0) is 10.2 Å². The Balaban J connectivity index is 1.57. The Hall–Kier alpha value is -2.04. The first-order chi connectivity index (χ1) is 12.4. The average molecular weight is 391 g/mol. The summed E-state index contributed by atoms with van der Waals surface area (Å²) in [5.74, 6) is -0.650. The van der Waals surface area contributed by atoms with Gasteiger partial charge in [0.15, 0.2) is 0 Å². The third-order valence-electron chi connectivity index (χ3n) is 4.78. The minimum absolute atomic E-state index is 0.0247. The second kappa shape index (κ2) is 7.68. The van der Waals surface area contributed by atoms with Gasteiger partial charge in [-0.2, -0.15) is 0 Å². The molecule has 2 N–H and O–H groups in total. The molecule has 2 aromatic rings. The van der Waals surface area contributed by atoms with Gasteiger partial charge in [0.05, 0.1) is 15.6 Å². The van der Waals surface area contributed by atoms with E-state index in [1.54, 1.807) is 25.1 Å². The predicted octanol–water partition coefficient (Wildman–Crippen LogP) is 3.96. The van der Waals surface area contributed by atoms with Crippen LogP contribution < -0.4 is 10.6 Å². The Morgan fingerprint density at radius 1 is 1.08 bits per heavy atom. The largest absolute Gasteiger partial charge is 0.353 e. The number of nitrogens with one attached hydrogen (secondary N) is 2. The standard InChI is InChI=1S/C20H20Cl2N2O2/c1-13(24-19(26)15-8-5-9-16(21)17(15)22)18(25)23-12-20(10-11-20)14-6-3-2-4-7-14/h2-9,13H,10-12H2,1H3,(H,23,25)(H,24,26). The van der Waals surface area contributed by atoms with Crippen LogP contribution in [0.1, 0.15) is 35.7 Å². The second-order valence-corrected chi connectivity index (χ2v) is 7.45. The molecular weight excluding hydrogens is 371 g/mol. The van der Waals surface area contributed by atoms with E-state index in [0.717, 1.165) is 12.8 Å². The zero-order valence-corrected chi connectivity index (χ0v) is 15.9. The van der Waals surface area contributed by atoms with E-state index in [1.807, 2.05) is 18.2 Å². The summed E-state index contributed by atoms with van der Waals surface area (Å²) in [6.45, 7) is 2.21. The highest BCUT2D eigenvalue weighted by Crippen LogP contribution is 2.47. The van der Waals surface area contributed by atoms with Crippen LogP contribution in [-0.4, -0.2) is 24.4 Å². The number of benzene rings is 2. The van der Waals surface area contributed by atoms with E-state index in [-0.39, 0.29) is 21.9 Å². The van der Waals surface area contributed by atoms with Crippen molar-refractivity contribution < 1.29 is 9.59 Å². The predicted molar refractivity (Wildman–Crippen MR) is 104 cm³/mol. The maximum Gasteiger partial charge on any atom is 0.253 e. The van der Waals surface area contributed by atoms with Gasteiger partial charge in [-0.15, -0.1) is 0 Å². The molecule has 1 aliphatic rings. The van der Waals surface area contributed by atoms with Crippen molar-refractivity contribution in [2.24, 2.45) is 0 Å². The number of carbonyl (C=O) groups excluding carboxylic acids is 2. The highest BCUT2D eigenvalue weighted by atomic mass is 35.5. The Labute approximate surface area is 162 Å². The zero-order valence-electron chi connectivity index (χ0n) is 14.4. The lowest BCUT2D eigenvalue weighted by atomic mass is 9.96.